The summed E-state index contributed by atoms with van der Waals surface area (Å²) < 4.78 is 12.5. The van der Waals surface area contributed by atoms with Crippen molar-refractivity contribution in [3.8, 4) is 17.2 Å². The van der Waals surface area contributed by atoms with Gasteiger partial charge in [-0.1, -0.05) is 23.3 Å². The van der Waals surface area contributed by atoms with Gasteiger partial charge < -0.3 is 19.4 Å². The first-order valence-electron chi connectivity index (χ1n) is 11.1. The van der Waals surface area contributed by atoms with Crippen LogP contribution >= 0.6 is 0 Å². The van der Waals surface area contributed by atoms with Crippen LogP contribution in [0.2, 0.25) is 0 Å². The van der Waals surface area contributed by atoms with Crippen LogP contribution in [0.15, 0.2) is 50.7 Å². The largest absolute Gasteiger partial charge is 0.508 e. The first kappa shape index (κ1) is 22.7. The van der Waals surface area contributed by atoms with Crippen molar-refractivity contribution in [3.05, 3.63) is 68.4 Å². The quantitative estimate of drug-likeness (QED) is 0.350. The summed E-state index contributed by atoms with van der Waals surface area (Å²) in [7, 11) is 0. The SMILES string of the molecule is CC(C)=CCc1c2c(c(O)c3c(=O)c4c(CC=C(C)C)c(O)ccc4oc13)C=CC(C)(C)O2. The minimum atomic E-state index is -0.562. The Morgan fingerprint density at radius 2 is 1.61 bits per heavy atom. The Labute approximate surface area is 193 Å². The van der Waals surface area contributed by atoms with Gasteiger partial charge in [0.25, 0.3) is 0 Å². The predicted octanol–water partition coefficient (Wildman–Crippen LogP) is 6.56. The second-order valence-electron chi connectivity index (χ2n) is 9.65. The first-order chi connectivity index (χ1) is 15.5. The highest BCUT2D eigenvalue weighted by Crippen LogP contribution is 2.45. The zero-order valence-electron chi connectivity index (χ0n) is 20.0. The molecule has 3 aromatic rings. The minimum Gasteiger partial charge on any atom is -0.508 e. The number of phenolic OH excluding ortho intramolecular Hbond substituents is 2. The Kier molecular flexibility index (Phi) is 5.61. The molecule has 4 rings (SSSR count). The third-order valence-corrected chi connectivity index (χ3v) is 5.87. The zero-order valence-corrected chi connectivity index (χ0v) is 20.0. The van der Waals surface area contributed by atoms with E-state index in [1.165, 1.54) is 0 Å². The topological polar surface area (TPSA) is 79.9 Å². The van der Waals surface area contributed by atoms with Crippen LogP contribution in [0.25, 0.3) is 28.0 Å². The molecule has 2 heterocycles. The summed E-state index contributed by atoms with van der Waals surface area (Å²) in [6.07, 6.45) is 8.53. The number of rotatable bonds is 4. The average Bonchev–Trinajstić information content (AvgIpc) is 2.72. The molecular weight excluding hydrogens is 416 g/mol. The van der Waals surface area contributed by atoms with Gasteiger partial charge in [0, 0.05) is 11.1 Å². The summed E-state index contributed by atoms with van der Waals surface area (Å²) in [5.41, 5.74) is 3.61. The highest BCUT2D eigenvalue weighted by atomic mass is 16.5. The molecule has 0 saturated carbocycles. The highest BCUT2D eigenvalue weighted by Gasteiger charge is 2.30. The van der Waals surface area contributed by atoms with Crippen LogP contribution in [0.5, 0.6) is 17.2 Å². The van der Waals surface area contributed by atoms with Gasteiger partial charge in [-0.15, -0.1) is 0 Å². The van der Waals surface area contributed by atoms with Gasteiger partial charge in [0.05, 0.1) is 10.9 Å². The number of benzene rings is 2. The Bertz CT molecular complexity index is 1420. The Hall–Kier alpha value is -3.47. The molecule has 0 fully saturated rings. The number of hydrogen-bond acceptors (Lipinski definition) is 5. The molecule has 1 aliphatic heterocycles. The zero-order chi connectivity index (χ0) is 24.1. The smallest absolute Gasteiger partial charge is 0.204 e. The molecule has 1 aliphatic rings. The molecule has 0 unspecified atom stereocenters. The van der Waals surface area contributed by atoms with Gasteiger partial charge >= 0.3 is 0 Å². The van der Waals surface area contributed by atoms with Crippen molar-refractivity contribution >= 4 is 28.0 Å². The number of fused-ring (bicyclic) bond motifs is 3. The second-order valence-corrected chi connectivity index (χ2v) is 9.65. The molecular formula is C28H30O5. The summed E-state index contributed by atoms with van der Waals surface area (Å²) in [4.78, 5) is 13.8. The number of allylic oxidation sites excluding steroid dienone is 4. The summed E-state index contributed by atoms with van der Waals surface area (Å²) in [5.74, 6) is 0.384. The number of hydrogen-bond donors (Lipinski definition) is 2. The molecule has 1 aromatic heterocycles. The maximum absolute atomic E-state index is 13.8. The van der Waals surface area contributed by atoms with E-state index >= 15 is 0 Å². The van der Waals surface area contributed by atoms with Gasteiger partial charge in [-0.25, -0.2) is 0 Å². The van der Waals surface area contributed by atoms with E-state index in [-0.39, 0.29) is 27.7 Å². The molecule has 2 aromatic carbocycles. The van der Waals surface area contributed by atoms with E-state index in [0.717, 1.165) is 11.1 Å². The number of aromatic hydroxyl groups is 2. The molecule has 0 spiro atoms. The van der Waals surface area contributed by atoms with Crippen LogP contribution in [-0.4, -0.2) is 15.8 Å². The molecule has 0 atom stereocenters. The first-order valence-corrected chi connectivity index (χ1v) is 11.1. The third kappa shape index (κ3) is 4.04. The summed E-state index contributed by atoms with van der Waals surface area (Å²) in [6.45, 7) is 11.8. The van der Waals surface area contributed by atoms with Gasteiger partial charge in [0.2, 0.25) is 5.43 Å². The van der Waals surface area contributed by atoms with Crippen molar-refractivity contribution in [2.75, 3.05) is 0 Å². The maximum atomic E-state index is 13.8. The highest BCUT2D eigenvalue weighted by molar-refractivity contribution is 6.00. The fraction of sp³-hybridized carbons (Fsp3) is 0.321. The van der Waals surface area contributed by atoms with Crippen molar-refractivity contribution < 1.29 is 19.4 Å². The molecule has 5 nitrogen and oxygen atoms in total. The monoisotopic (exact) mass is 446 g/mol. The van der Waals surface area contributed by atoms with Crippen LogP contribution in [0.4, 0.5) is 0 Å². The maximum Gasteiger partial charge on any atom is 0.204 e. The lowest BCUT2D eigenvalue weighted by atomic mass is 9.93. The molecule has 33 heavy (non-hydrogen) atoms. The van der Waals surface area contributed by atoms with Crippen LogP contribution in [-0.2, 0) is 12.8 Å². The number of ether oxygens (including phenoxy) is 1. The second kappa shape index (κ2) is 8.14. The Morgan fingerprint density at radius 1 is 0.970 bits per heavy atom. The Balaban J connectivity index is 2.16. The summed E-state index contributed by atoms with van der Waals surface area (Å²) in [6, 6.07) is 3.14. The molecule has 0 aliphatic carbocycles. The lowest BCUT2D eigenvalue weighted by molar-refractivity contribution is 0.157. The van der Waals surface area contributed by atoms with Crippen LogP contribution in [0, 0.1) is 0 Å². The van der Waals surface area contributed by atoms with Gasteiger partial charge in [0.15, 0.2) is 0 Å². The van der Waals surface area contributed by atoms with Gasteiger partial charge in [-0.05, 0) is 78.7 Å². The lowest BCUT2D eigenvalue weighted by Crippen LogP contribution is -2.28. The van der Waals surface area contributed by atoms with Crippen LogP contribution < -0.4 is 10.2 Å². The third-order valence-electron chi connectivity index (χ3n) is 5.87. The van der Waals surface area contributed by atoms with E-state index in [1.807, 2.05) is 59.8 Å². The van der Waals surface area contributed by atoms with Crippen LogP contribution in [0.3, 0.4) is 0 Å². The van der Waals surface area contributed by atoms with Gasteiger partial charge in [-0.2, -0.15) is 0 Å². The molecule has 0 amide bonds. The van der Waals surface area contributed by atoms with Gasteiger partial charge in [0.1, 0.15) is 39.4 Å². The minimum absolute atomic E-state index is 0.0267. The molecule has 0 radical (unpaired) electrons. The van der Waals surface area contributed by atoms with Crippen LogP contribution in [0.1, 0.15) is 58.2 Å². The normalized spacial score (nSPS) is 14.1. The fourth-order valence-electron chi connectivity index (χ4n) is 4.13. The van der Waals surface area contributed by atoms with Crippen molar-refractivity contribution in [2.24, 2.45) is 0 Å². The van der Waals surface area contributed by atoms with E-state index in [9.17, 15) is 15.0 Å². The summed E-state index contributed by atoms with van der Waals surface area (Å²) in [5, 5.41) is 22.1. The number of phenols is 2. The molecule has 0 bridgehead atoms. The molecule has 172 valence electrons. The van der Waals surface area contributed by atoms with Crippen molar-refractivity contribution in [1.29, 1.82) is 0 Å². The molecule has 0 saturated heterocycles. The lowest BCUT2D eigenvalue weighted by Gasteiger charge is -2.30. The average molecular weight is 447 g/mol. The van der Waals surface area contributed by atoms with Crippen molar-refractivity contribution in [3.63, 3.8) is 0 Å². The van der Waals surface area contributed by atoms with Crippen molar-refractivity contribution in [2.45, 2.75) is 60.0 Å². The fourth-order valence-corrected chi connectivity index (χ4v) is 4.13. The van der Waals surface area contributed by atoms with E-state index in [0.29, 0.717) is 46.4 Å². The van der Waals surface area contributed by atoms with Gasteiger partial charge in [-0.3, -0.25) is 4.79 Å². The molecule has 2 N–H and O–H groups in total. The van der Waals surface area contributed by atoms with E-state index < -0.39 is 5.60 Å². The Morgan fingerprint density at radius 3 is 2.24 bits per heavy atom. The van der Waals surface area contributed by atoms with E-state index in [2.05, 4.69) is 0 Å². The van der Waals surface area contributed by atoms with E-state index in [1.54, 1.807) is 18.2 Å². The molecule has 5 heteroatoms. The van der Waals surface area contributed by atoms with E-state index in [4.69, 9.17) is 9.15 Å². The summed E-state index contributed by atoms with van der Waals surface area (Å²) >= 11 is 0. The standard InChI is InChI=1S/C28H30O5/c1-15(2)7-9-17-20(29)11-12-21-22(17)25(31)23-24(30)18-13-14-28(5,6)33-26(18)19(27(23)32-21)10-8-16(3)4/h7-8,11-14,29-30H,9-10H2,1-6H3. The van der Waals surface area contributed by atoms with Crippen molar-refractivity contribution in [1.82, 2.24) is 0 Å². The predicted molar refractivity (Wildman–Crippen MR) is 133 cm³/mol.